The Bertz CT molecular complexity index is 605. The molecular formula is C21H32N2O3. The maximum Gasteiger partial charge on any atom is 0.260 e. The van der Waals surface area contributed by atoms with Crippen LogP contribution in [0.25, 0.3) is 0 Å². The summed E-state index contributed by atoms with van der Waals surface area (Å²) in [6, 6.07) is 6.54. The largest absolute Gasteiger partial charge is 0.483 e. The van der Waals surface area contributed by atoms with Crippen molar-refractivity contribution < 1.29 is 14.3 Å². The summed E-state index contributed by atoms with van der Waals surface area (Å²) in [5.74, 6) is 1.58. The maximum atomic E-state index is 12.5. The second-order valence-corrected chi connectivity index (χ2v) is 7.59. The van der Waals surface area contributed by atoms with Crippen LogP contribution >= 0.6 is 0 Å². The third kappa shape index (κ3) is 4.57. The molecule has 2 aliphatic heterocycles. The minimum atomic E-state index is 0.100. The van der Waals surface area contributed by atoms with Crippen LogP contribution in [-0.2, 0) is 9.53 Å². The minimum absolute atomic E-state index is 0.100. The Labute approximate surface area is 157 Å². The summed E-state index contributed by atoms with van der Waals surface area (Å²) in [5, 5.41) is 0. The first-order chi connectivity index (χ1) is 12.6. The Balaban J connectivity index is 1.45. The molecule has 5 nitrogen and oxygen atoms in total. The van der Waals surface area contributed by atoms with E-state index in [0.717, 1.165) is 63.5 Å². The lowest BCUT2D eigenvalue weighted by Gasteiger charge is -2.41. The molecule has 1 atom stereocenters. The zero-order valence-corrected chi connectivity index (χ0v) is 16.4. The number of ether oxygens (including phenoxy) is 2. The van der Waals surface area contributed by atoms with Crippen LogP contribution in [0.15, 0.2) is 18.2 Å². The molecule has 2 saturated heterocycles. The molecule has 26 heavy (non-hydrogen) atoms. The number of hydrogen-bond acceptors (Lipinski definition) is 4. The minimum Gasteiger partial charge on any atom is -0.483 e. The molecule has 1 aromatic carbocycles. The highest BCUT2D eigenvalue weighted by atomic mass is 16.5. The van der Waals surface area contributed by atoms with Gasteiger partial charge in [-0.25, -0.2) is 0 Å². The Hall–Kier alpha value is -1.59. The van der Waals surface area contributed by atoms with E-state index in [2.05, 4.69) is 24.8 Å². The summed E-state index contributed by atoms with van der Waals surface area (Å²) >= 11 is 0. The van der Waals surface area contributed by atoms with Crippen molar-refractivity contribution in [3.63, 3.8) is 0 Å². The molecule has 0 radical (unpaired) electrons. The van der Waals surface area contributed by atoms with Crippen molar-refractivity contribution in [1.29, 1.82) is 0 Å². The van der Waals surface area contributed by atoms with E-state index in [-0.39, 0.29) is 12.5 Å². The Morgan fingerprint density at radius 2 is 1.88 bits per heavy atom. The van der Waals surface area contributed by atoms with Gasteiger partial charge in [0.25, 0.3) is 5.91 Å². The SMILES string of the molecule is Cc1cccc(OCC(=O)N2CCC([C@@H](C)N3CCOCC3)CC2)c1C. The quantitative estimate of drug-likeness (QED) is 0.810. The summed E-state index contributed by atoms with van der Waals surface area (Å²) in [7, 11) is 0. The second-order valence-electron chi connectivity index (χ2n) is 7.59. The molecule has 0 N–H and O–H groups in total. The van der Waals surface area contributed by atoms with Crippen LogP contribution in [0.5, 0.6) is 5.75 Å². The number of hydrogen-bond donors (Lipinski definition) is 0. The molecule has 2 fully saturated rings. The topological polar surface area (TPSA) is 42.0 Å². The fourth-order valence-corrected chi connectivity index (χ4v) is 4.03. The van der Waals surface area contributed by atoms with Crippen LogP contribution in [0.3, 0.4) is 0 Å². The van der Waals surface area contributed by atoms with Gasteiger partial charge in [0.1, 0.15) is 5.75 Å². The van der Waals surface area contributed by atoms with Gasteiger partial charge in [0, 0.05) is 32.2 Å². The van der Waals surface area contributed by atoms with Crippen LogP contribution in [0, 0.1) is 19.8 Å². The predicted molar refractivity (Wildman–Crippen MR) is 103 cm³/mol. The third-order valence-corrected chi connectivity index (χ3v) is 6.10. The number of amides is 1. The van der Waals surface area contributed by atoms with Gasteiger partial charge in [-0.2, -0.15) is 0 Å². The summed E-state index contributed by atoms with van der Waals surface area (Å²) in [6.07, 6.45) is 2.15. The average molecular weight is 360 g/mol. The van der Waals surface area contributed by atoms with Crippen molar-refractivity contribution in [2.75, 3.05) is 46.0 Å². The van der Waals surface area contributed by atoms with E-state index >= 15 is 0 Å². The highest BCUT2D eigenvalue weighted by Gasteiger charge is 2.30. The van der Waals surface area contributed by atoms with Crippen LogP contribution in [0.1, 0.15) is 30.9 Å². The van der Waals surface area contributed by atoms with Gasteiger partial charge in [-0.15, -0.1) is 0 Å². The van der Waals surface area contributed by atoms with E-state index in [1.807, 2.05) is 24.0 Å². The summed E-state index contributed by atoms with van der Waals surface area (Å²) < 4.78 is 11.2. The molecule has 5 heteroatoms. The normalized spacial score (nSPS) is 20.8. The first-order valence-corrected chi connectivity index (χ1v) is 9.85. The highest BCUT2D eigenvalue weighted by molar-refractivity contribution is 5.77. The van der Waals surface area contributed by atoms with Crippen LogP contribution in [0.2, 0.25) is 0 Å². The predicted octanol–water partition coefficient (Wildman–Crippen LogP) is 2.64. The Morgan fingerprint density at radius 1 is 1.19 bits per heavy atom. The number of likely N-dealkylation sites (tertiary alicyclic amines) is 1. The number of piperidine rings is 1. The maximum absolute atomic E-state index is 12.5. The number of aryl methyl sites for hydroxylation is 1. The fourth-order valence-electron chi connectivity index (χ4n) is 4.03. The molecule has 0 bridgehead atoms. The number of carbonyl (C=O) groups excluding carboxylic acids is 1. The van der Waals surface area contributed by atoms with E-state index in [1.54, 1.807) is 0 Å². The van der Waals surface area contributed by atoms with Gasteiger partial charge >= 0.3 is 0 Å². The van der Waals surface area contributed by atoms with Crippen molar-refractivity contribution in [1.82, 2.24) is 9.80 Å². The van der Waals surface area contributed by atoms with Gasteiger partial charge in [-0.3, -0.25) is 9.69 Å². The number of morpholine rings is 1. The van der Waals surface area contributed by atoms with Crippen molar-refractivity contribution >= 4 is 5.91 Å². The smallest absolute Gasteiger partial charge is 0.260 e. The molecule has 3 rings (SSSR count). The van der Waals surface area contributed by atoms with Crippen molar-refractivity contribution in [2.24, 2.45) is 5.92 Å². The molecule has 0 unspecified atom stereocenters. The van der Waals surface area contributed by atoms with Crippen molar-refractivity contribution in [2.45, 2.75) is 39.7 Å². The molecule has 0 spiro atoms. The Kier molecular flexibility index (Phi) is 6.54. The first-order valence-electron chi connectivity index (χ1n) is 9.85. The van der Waals surface area contributed by atoms with E-state index in [4.69, 9.17) is 9.47 Å². The molecule has 0 saturated carbocycles. The molecular weight excluding hydrogens is 328 g/mol. The first kappa shape index (κ1) is 19.2. The van der Waals surface area contributed by atoms with E-state index < -0.39 is 0 Å². The molecule has 2 aliphatic rings. The van der Waals surface area contributed by atoms with Gasteiger partial charge in [-0.05, 0) is 56.7 Å². The van der Waals surface area contributed by atoms with Gasteiger partial charge in [0.05, 0.1) is 13.2 Å². The van der Waals surface area contributed by atoms with E-state index in [1.165, 1.54) is 5.56 Å². The lowest BCUT2D eigenvalue weighted by Crippen LogP contribution is -2.49. The van der Waals surface area contributed by atoms with Crippen LogP contribution < -0.4 is 4.74 Å². The molecule has 1 aromatic rings. The molecule has 1 amide bonds. The van der Waals surface area contributed by atoms with Gasteiger partial charge in [-0.1, -0.05) is 12.1 Å². The lowest BCUT2D eigenvalue weighted by molar-refractivity contribution is -0.135. The van der Waals surface area contributed by atoms with Gasteiger partial charge in [0.15, 0.2) is 6.61 Å². The lowest BCUT2D eigenvalue weighted by atomic mass is 9.89. The molecule has 0 aliphatic carbocycles. The van der Waals surface area contributed by atoms with Crippen LogP contribution in [0.4, 0.5) is 0 Å². The fraction of sp³-hybridized carbons (Fsp3) is 0.667. The summed E-state index contributed by atoms with van der Waals surface area (Å²) in [6.45, 7) is 12.0. The van der Waals surface area contributed by atoms with E-state index in [0.29, 0.717) is 12.0 Å². The standard InChI is InChI=1S/C21H32N2O3/c1-16-5-4-6-20(17(16)2)26-15-21(24)23-9-7-19(8-10-23)18(3)22-11-13-25-14-12-22/h4-6,18-19H,7-15H2,1-3H3/t18-/m1/s1. The second kappa shape index (κ2) is 8.87. The third-order valence-electron chi connectivity index (χ3n) is 6.10. The molecule has 144 valence electrons. The van der Waals surface area contributed by atoms with Gasteiger partial charge in [0.2, 0.25) is 0 Å². The molecule has 0 aromatic heterocycles. The van der Waals surface area contributed by atoms with E-state index in [9.17, 15) is 4.79 Å². The Morgan fingerprint density at radius 3 is 2.58 bits per heavy atom. The summed E-state index contributed by atoms with van der Waals surface area (Å²) in [4.78, 5) is 17.0. The average Bonchev–Trinajstić information content (AvgIpc) is 2.69. The van der Waals surface area contributed by atoms with Crippen molar-refractivity contribution in [3.8, 4) is 5.75 Å². The van der Waals surface area contributed by atoms with Crippen LogP contribution in [-0.4, -0.2) is 67.7 Å². The number of rotatable bonds is 5. The highest BCUT2D eigenvalue weighted by Crippen LogP contribution is 2.25. The number of benzene rings is 1. The van der Waals surface area contributed by atoms with Crippen molar-refractivity contribution in [3.05, 3.63) is 29.3 Å². The summed E-state index contributed by atoms with van der Waals surface area (Å²) in [5.41, 5.74) is 2.30. The van der Waals surface area contributed by atoms with Gasteiger partial charge < -0.3 is 14.4 Å². The zero-order valence-electron chi connectivity index (χ0n) is 16.4. The monoisotopic (exact) mass is 360 g/mol. The number of carbonyl (C=O) groups is 1. The number of nitrogens with zero attached hydrogens (tertiary/aromatic N) is 2. The molecule has 2 heterocycles. The zero-order chi connectivity index (χ0) is 18.5.